The van der Waals surface area contributed by atoms with Crippen LogP contribution < -0.4 is 4.74 Å². The average molecular weight is 221 g/mol. The van der Waals surface area contributed by atoms with Gasteiger partial charge in [0.15, 0.2) is 11.6 Å². The topological polar surface area (TPSA) is 38.7 Å². The first kappa shape index (κ1) is 10.8. The molecule has 1 aromatic rings. The van der Waals surface area contributed by atoms with E-state index in [0.29, 0.717) is 5.56 Å². The fourth-order valence-electron chi connectivity index (χ4n) is 2.06. The Balaban J connectivity index is 2.63. The molecule has 84 valence electrons. The first-order valence-electron chi connectivity index (χ1n) is 5.07. The fourth-order valence-corrected chi connectivity index (χ4v) is 2.06. The van der Waals surface area contributed by atoms with Crippen LogP contribution in [0.5, 0.6) is 5.75 Å². The molecular formula is C12H12FNO2. The molecule has 0 saturated heterocycles. The van der Waals surface area contributed by atoms with E-state index >= 15 is 0 Å². The average Bonchev–Trinajstić information content (AvgIpc) is 3.02. The van der Waals surface area contributed by atoms with E-state index in [-0.39, 0.29) is 5.75 Å². The van der Waals surface area contributed by atoms with E-state index in [4.69, 9.17) is 4.74 Å². The predicted octanol–water partition coefficient (Wildman–Crippen LogP) is 2.47. The molecular weight excluding hydrogens is 209 g/mol. The van der Waals surface area contributed by atoms with Gasteiger partial charge in [-0.25, -0.2) is 9.18 Å². The Morgan fingerprint density at radius 2 is 2.19 bits per heavy atom. The second kappa shape index (κ2) is 3.72. The summed E-state index contributed by atoms with van der Waals surface area (Å²) in [5.41, 5.74) is 0.965. The van der Waals surface area contributed by atoms with Crippen molar-refractivity contribution in [3.05, 3.63) is 29.1 Å². The van der Waals surface area contributed by atoms with Gasteiger partial charge < -0.3 is 4.74 Å². The Bertz CT molecular complexity index is 474. The summed E-state index contributed by atoms with van der Waals surface area (Å²) in [6.07, 6.45) is 3.04. The summed E-state index contributed by atoms with van der Waals surface area (Å²) in [6, 6.07) is 3.03. The van der Waals surface area contributed by atoms with E-state index < -0.39 is 11.4 Å². The predicted molar refractivity (Wildman–Crippen MR) is 56.7 cm³/mol. The van der Waals surface area contributed by atoms with Crippen molar-refractivity contribution < 1.29 is 13.9 Å². The van der Waals surface area contributed by atoms with Gasteiger partial charge in [0, 0.05) is 5.56 Å². The summed E-state index contributed by atoms with van der Waals surface area (Å²) >= 11 is 0. The maximum atomic E-state index is 13.6. The maximum absolute atomic E-state index is 13.6. The molecule has 1 saturated carbocycles. The van der Waals surface area contributed by atoms with Gasteiger partial charge in [-0.05, 0) is 31.4 Å². The Morgan fingerprint density at radius 3 is 2.69 bits per heavy atom. The zero-order valence-electron chi connectivity index (χ0n) is 9.21. The lowest BCUT2D eigenvalue weighted by Gasteiger charge is -2.16. The van der Waals surface area contributed by atoms with Crippen molar-refractivity contribution in [3.8, 4) is 5.75 Å². The van der Waals surface area contributed by atoms with Gasteiger partial charge in [0.05, 0.1) is 7.11 Å². The van der Waals surface area contributed by atoms with Crippen LogP contribution in [0.25, 0.3) is 0 Å². The van der Waals surface area contributed by atoms with Gasteiger partial charge in [0.2, 0.25) is 6.08 Å². The molecule has 1 aliphatic carbocycles. The normalized spacial score (nSPS) is 16.4. The van der Waals surface area contributed by atoms with Crippen LogP contribution in [0.4, 0.5) is 4.39 Å². The lowest BCUT2D eigenvalue weighted by Crippen LogP contribution is -2.09. The highest BCUT2D eigenvalue weighted by atomic mass is 19.1. The van der Waals surface area contributed by atoms with Gasteiger partial charge in [0.25, 0.3) is 0 Å². The highest BCUT2D eigenvalue weighted by molar-refractivity contribution is 5.51. The zero-order valence-corrected chi connectivity index (χ0v) is 9.21. The van der Waals surface area contributed by atoms with Crippen molar-refractivity contribution >= 4 is 6.08 Å². The van der Waals surface area contributed by atoms with Gasteiger partial charge in [-0.2, -0.15) is 4.99 Å². The number of carbonyl (C=O) groups excluding carboxylic acids is 1. The van der Waals surface area contributed by atoms with E-state index in [1.165, 1.54) is 13.2 Å². The molecule has 0 heterocycles. The summed E-state index contributed by atoms with van der Waals surface area (Å²) in [5.74, 6) is -0.230. The van der Waals surface area contributed by atoms with Crippen molar-refractivity contribution in [2.75, 3.05) is 7.11 Å². The first-order chi connectivity index (χ1) is 7.64. The molecule has 0 unspecified atom stereocenters. The van der Waals surface area contributed by atoms with Gasteiger partial charge >= 0.3 is 0 Å². The number of isocyanates is 1. The minimum atomic E-state index is -0.598. The van der Waals surface area contributed by atoms with Crippen LogP contribution in [0.15, 0.2) is 17.1 Å². The minimum absolute atomic E-state index is 0.191. The van der Waals surface area contributed by atoms with Crippen LogP contribution in [0.2, 0.25) is 0 Å². The molecule has 1 fully saturated rings. The Morgan fingerprint density at radius 1 is 1.50 bits per heavy atom. The molecule has 0 amide bonds. The van der Waals surface area contributed by atoms with E-state index in [0.717, 1.165) is 18.4 Å². The molecule has 16 heavy (non-hydrogen) atoms. The minimum Gasteiger partial charge on any atom is -0.493 e. The van der Waals surface area contributed by atoms with Crippen LogP contribution in [0.1, 0.15) is 24.0 Å². The fraction of sp³-hybridized carbons (Fsp3) is 0.417. The lowest BCUT2D eigenvalue weighted by atomic mass is 9.98. The summed E-state index contributed by atoms with van der Waals surface area (Å²) in [4.78, 5) is 14.2. The van der Waals surface area contributed by atoms with Gasteiger partial charge in [-0.3, -0.25) is 0 Å². The van der Waals surface area contributed by atoms with Crippen molar-refractivity contribution in [2.24, 2.45) is 4.99 Å². The molecule has 2 rings (SSSR count). The quantitative estimate of drug-likeness (QED) is 0.581. The monoisotopic (exact) mass is 221 g/mol. The second-order valence-corrected chi connectivity index (χ2v) is 4.01. The second-order valence-electron chi connectivity index (χ2n) is 4.01. The number of rotatable bonds is 3. The SMILES string of the molecule is COc1c(F)ccc(C)c1C1(N=C=O)CC1. The van der Waals surface area contributed by atoms with Crippen molar-refractivity contribution in [1.29, 1.82) is 0 Å². The van der Waals surface area contributed by atoms with E-state index in [1.54, 1.807) is 12.1 Å². The molecule has 1 aromatic carbocycles. The highest BCUT2D eigenvalue weighted by Gasteiger charge is 2.48. The number of hydrogen-bond donors (Lipinski definition) is 0. The highest BCUT2D eigenvalue weighted by Crippen LogP contribution is 2.53. The van der Waals surface area contributed by atoms with E-state index in [9.17, 15) is 9.18 Å². The van der Waals surface area contributed by atoms with Crippen molar-refractivity contribution in [1.82, 2.24) is 0 Å². The molecule has 0 spiro atoms. The number of aryl methyl sites for hydroxylation is 1. The molecule has 3 nitrogen and oxygen atoms in total. The molecule has 0 radical (unpaired) electrons. The molecule has 4 heteroatoms. The molecule has 0 aliphatic heterocycles. The molecule has 0 atom stereocenters. The third-order valence-corrected chi connectivity index (χ3v) is 2.97. The number of halogens is 1. The standard InChI is InChI=1S/C12H12FNO2/c1-8-3-4-9(13)11(16-2)10(8)12(5-6-12)14-7-15/h3-4H,5-6H2,1-2H3. The maximum Gasteiger partial charge on any atom is 0.235 e. The molecule has 1 aliphatic rings. The van der Waals surface area contributed by atoms with E-state index in [2.05, 4.69) is 4.99 Å². The smallest absolute Gasteiger partial charge is 0.235 e. The Kier molecular flexibility index (Phi) is 2.52. The Hall–Kier alpha value is -1.67. The van der Waals surface area contributed by atoms with Crippen molar-refractivity contribution in [2.45, 2.75) is 25.3 Å². The summed E-state index contributed by atoms with van der Waals surface area (Å²) in [6.45, 7) is 1.86. The van der Waals surface area contributed by atoms with Gasteiger partial charge in [-0.1, -0.05) is 6.07 Å². The number of hydrogen-bond acceptors (Lipinski definition) is 3. The summed E-state index contributed by atoms with van der Waals surface area (Å²) in [7, 11) is 1.42. The van der Waals surface area contributed by atoms with Crippen LogP contribution in [-0.2, 0) is 10.3 Å². The number of nitrogens with zero attached hydrogens (tertiary/aromatic N) is 1. The van der Waals surface area contributed by atoms with Gasteiger partial charge in [-0.15, -0.1) is 0 Å². The Labute approximate surface area is 93.0 Å². The first-order valence-corrected chi connectivity index (χ1v) is 5.07. The number of aliphatic imine (C=N–C) groups is 1. The van der Waals surface area contributed by atoms with E-state index in [1.807, 2.05) is 6.92 Å². The van der Waals surface area contributed by atoms with Crippen LogP contribution in [0, 0.1) is 12.7 Å². The zero-order chi connectivity index (χ0) is 11.8. The van der Waals surface area contributed by atoms with Gasteiger partial charge in [0.1, 0.15) is 5.54 Å². The number of benzene rings is 1. The molecule has 0 aromatic heterocycles. The third kappa shape index (κ3) is 1.51. The molecule has 0 N–H and O–H groups in total. The number of methoxy groups -OCH3 is 1. The number of ether oxygens (including phenoxy) is 1. The van der Waals surface area contributed by atoms with Crippen molar-refractivity contribution in [3.63, 3.8) is 0 Å². The van der Waals surface area contributed by atoms with Crippen LogP contribution >= 0.6 is 0 Å². The molecule has 0 bridgehead atoms. The van der Waals surface area contributed by atoms with Crippen LogP contribution in [-0.4, -0.2) is 13.2 Å². The summed E-state index contributed by atoms with van der Waals surface area (Å²) < 4.78 is 18.6. The third-order valence-electron chi connectivity index (χ3n) is 2.97. The lowest BCUT2D eigenvalue weighted by molar-refractivity contribution is 0.376. The summed E-state index contributed by atoms with van der Waals surface area (Å²) in [5, 5.41) is 0. The largest absolute Gasteiger partial charge is 0.493 e. The van der Waals surface area contributed by atoms with Crippen LogP contribution in [0.3, 0.4) is 0 Å².